The highest BCUT2D eigenvalue weighted by atomic mass is 32.2. The van der Waals surface area contributed by atoms with Gasteiger partial charge in [0.1, 0.15) is 22.8 Å². The molecule has 0 radical (unpaired) electrons. The van der Waals surface area contributed by atoms with Crippen molar-refractivity contribution in [2.45, 2.75) is 11.8 Å². The number of oxazole rings is 1. The van der Waals surface area contributed by atoms with Crippen molar-refractivity contribution in [2.75, 3.05) is 6.79 Å². The monoisotopic (exact) mass is 447 g/mol. The summed E-state index contributed by atoms with van der Waals surface area (Å²) in [4.78, 5) is 16.2. The fourth-order valence-corrected chi connectivity index (χ4v) is 3.88. The van der Waals surface area contributed by atoms with E-state index >= 15 is 0 Å². The lowest BCUT2D eigenvalue weighted by Crippen LogP contribution is -1.97. The van der Waals surface area contributed by atoms with Crippen molar-refractivity contribution in [1.82, 2.24) is 4.98 Å². The minimum absolute atomic E-state index is 0.102. The van der Waals surface area contributed by atoms with Gasteiger partial charge in [0.2, 0.25) is 6.79 Å². The topological polar surface area (TPSA) is 91.0 Å². The van der Waals surface area contributed by atoms with Crippen molar-refractivity contribution in [3.05, 3.63) is 82.8 Å². The Morgan fingerprint density at radius 2 is 1.88 bits per heavy atom. The maximum absolute atomic E-state index is 11.7. The van der Waals surface area contributed by atoms with Gasteiger partial charge in [-0.3, -0.25) is 0 Å². The zero-order chi connectivity index (χ0) is 21.9. The van der Waals surface area contributed by atoms with Gasteiger partial charge < -0.3 is 23.7 Å². The number of carboxylic acid groups (broad SMARTS) is 1. The second kappa shape index (κ2) is 8.68. The summed E-state index contributed by atoms with van der Waals surface area (Å²) in [5.74, 6) is 1.06. The second-order valence-corrected chi connectivity index (χ2v) is 7.90. The zero-order valence-electron chi connectivity index (χ0n) is 16.7. The Morgan fingerprint density at radius 3 is 2.69 bits per heavy atom. The van der Waals surface area contributed by atoms with Crippen LogP contribution in [0.5, 0.6) is 17.2 Å². The van der Waals surface area contributed by atoms with Crippen LogP contribution in [0.15, 0.2) is 81.3 Å². The molecule has 7 nitrogen and oxygen atoms in total. The Kier molecular flexibility index (Phi) is 5.43. The van der Waals surface area contributed by atoms with Crippen molar-refractivity contribution in [2.24, 2.45) is 0 Å². The number of thioether (sulfide) groups is 1. The van der Waals surface area contributed by atoms with Crippen molar-refractivity contribution in [3.63, 3.8) is 0 Å². The minimum Gasteiger partial charge on any atom is -0.489 e. The van der Waals surface area contributed by atoms with Gasteiger partial charge in [0.25, 0.3) is 5.22 Å². The average molecular weight is 447 g/mol. The third-order valence-electron chi connectivity index (χ3n) is 4.70. The number of ether oxygens (including phenoxy) is 3. The van der Waals surface area contributed by atoms with Crippen molar-refractivity contribution >= 4 is 34.9 Å². The largest absolute Gasteiger partial charge is 0.489 e. The lowest BCUT2D eigenvalue weighted by Gasteiger charge is -2.07. The molecule has 0 saturated heterocycles. The number of benzene rings is 3. The van der Waals surface area contributed by atoms with Crippen LogP contribution < -0.4 is 14.2 Å². The van der Waals surface area contributed by atoms with Gasteiger partial charge in [-0.1, -0.05) is 30.3 Å². The molecule has 0 unspecified atom stereocenters. The van der Waals surface area contributed by atoms with Crippen molar-refractivity contribution in [1.29, 1.82) is 0 Å². The molecule has 32 heavy (non-hydrogen) atoms. The van der Waals surface area contributed by atoms with Crippen LogP contribution in [0.2, 0.25) is 0 Å². The molecule has 0 fully saturated rings. The van der Waals surface area contributed by atoms with E-state index in [0.29, 0.717) is 29.2 Å². The van der Waals surface area contributed by atoms with Gasteiger partial charge >= 0.3 is 5.97 Å². The molecule has 1 aliphatic rings. The molecule has 0 spiro atoms. The summed E-state index contributed by atoms with van der Waals surface area (Å²) < 4.78 is 22.1. The number of carboxylic acids is 1. The molecule has 2 heterocycles. The van der Waals surface area contributed by atoms with E-state index in [9.17, 15) is 9.90 Å². The number of aliphatic carboxylic acids is 1. The van der Waals surface area contributed by atoms with E-state index in [0.717, 1.165) is 28.6 Å². The van der Waals surface area contributed by atoms with Gasteiger partial charge in [0.05, 0.1) is 0 Å². The molecule has 8 heteroatoms. The number of para-hydroxylation sites is 2. The molecule has 0 saturated carbocycles. The SMILES string of the molecule is O=C(O)/C(=C/c1ccc(OCc2ccc3c(c2)OCO3)cc1)Sc1nc2ccccc2o1. The Balaban J connectivity index is 1.26. The smallest absolute Gasteiger partial charge is 0.342 e. The fourth-order valence-electron chi connectivity index (χ4n) is 3.13. The van der Waals surface area contributed by atoms with E-state index in [1.807, 2.05) is 36.4 Å². The van der Waals surface area contributed by atoms with Crippen LogP contribution in [0.4, 0.5) is 0 Å². The number of nitrogens with zero attached hydrogens (tertiary/aromatic N) is 1. The van der Waals surface area contributed by atoms with Crippen molar-refractivity contribution < 1.29 is 28.5 Å². The number of hydrogen-bond donors (Lipinski definition) is 1. The normalized spacial score (nSPS) is 12.8. The summed E-state index contributed by atoms with van der Waals surface area (Å²) in [7, 11) is 0. The predicted octanol–water partition coefficient (Wildman–Crippen LogP) is 5.35. The standard InChI is InChI=1S/C24H17NO6S/c26-23(27)22(32-24-25-18-3-1-2-4-19(18)31-24)12-15-5-8-17(9-6-15)28-13-16-7-10-20-21(11-16)30-14-29-20/h1-12H,13-14H2,(H,26,27)/b22-12-. The van der Waals surface area contributed by atoms with Crippen LogP contribution in [0.25, 0.3) is 17.2 Å². The maximum Gasteiger partial charge on any atom is 0.342 e. The number of aromatic nitrogens is 1. The molecule has 5 rings (SSSR count). The van der Waals surface area contributed by atoms with E-state index in [2.05, 4.69) is 4.98 Å². The zero-order valence-corrected chi connectivity index (χ0v) is 17.5. The minimum atomic E-state index is -1.06. The molecule has 1 N–H and O–H groups in total. The van der Waals surface area contributed by atoms with Gasteiger partial charge in [-0.05, 0) is 65.4 Å². The average Bonchev–Trinajstić information content (AvgIpc) is 3.44. The summed E-state index contributed by atoms with van der Waals surface area (Å²) in [5.41, 5.74) is 2.98. The quantitative estimate of drug-likeness (QED) is 0.299. The first-order chi connectivity index (χ1) is 15.6. The molecule has 160 valence electrons. The van der Waals surface area contributed by atoms with Crippen LogP contribution in [0, 0.1) is 0 Å². The number of hydrogen-bond acceptors (Lipinski definition) is 7. The molecule has 1 aliphatic heterocycles. The molecule has 4 aromatic rings. The van der Waals surface area contributed by atoms with Crippen LogP contribution >= 0.6 is 11.8 Å². The van der Waals surface area contributed by atoms with Gasteiger partial charge in [-0.15, -0.1) is 0 Å². The molecule has 0 aliphatic carbocycles. The molecular formula is C24H17NO6S. The fraction of sp³-hybridized carbons (Fsp3) is 0.0833. The molecular weight excluding hydrogens is 430 g/mol. The first-order valence-electron chi connectivity index (χ1n) is 9.74. The Labute approximate surface area is 187 Å². The van der Waals surface area contributed by atoms with E-state index in [4.69, 9.17) is 18.6 Å². The summed E-state index contributed by atoms with van der Waals surface area (Å²) in [5, 5.41) is 9.88. The predicted molar refractivity (Wildman–Crippen MR) is 119 cm³/mol. The number of fused-ring (bicyclic) bond motifs is 2. The van der Waals surface area contributed by atoms with Gasteiger partial charge in [-0.25, -0.2) is 9.78 Å². The van der Waals surface area contributed by atoms with Crippen molar-refractivity contribution in [3.8, 4) is 17.2 Å². The molecule has 3 aromatic carbocycles. The van der Waals surface area contributed by atoms with Crippen LogP contribution in [0.3, 0.4) is 0 Å². The highest BCUT2D eigenvalue weighted by Crippen LogP contribution is 2.33. The third kappa shape index (κ3) is 4.40. The van der Waals surface area contributed by atoms with Crippen LogP contribution in [-0.2, 0) is 11.4 Å². The van der Waals surface area contributed by atoms with Crippen LogP contribution in [-0.4, -0.2) is 22.9 Å². The number of carbonyl (C=O) groups is 1. The van der Waals surface area contributed by atoms with E-state index in [1.165, 1.54) is 0 Å². The first kappa shape index (κ1) is 20.0. The lowest BCUT2D eigenvalue weighted by molar-refractivity contribution is -0.131. The Hall–Kier alpha value is -3.91. The van der Waals surface area contributed by atoms with E-state index in [-0.39, 0.29) is 16.9 Å². The molecule has 0 atom stereocenters. The van der Waals surface area contributed by atoms with E-state index in [1.54, 1.807) is 36.4 Å². The van der Waals surface area contributed by atoms with Crippen LogP contribution in [0.1, 0.15) is 11.1 Å². The lowest BCUT2D eigenvalue weighted by atomic mass is 10.2. The first-order valence-corrected chi connectivity index (χ1v) is 10.6. The number of rotatable bonds is 7. The third-order valence-corrected chi connectivity index (χ3v) is 5.56. The highest BCUT2D eigenvalue weighted by Gasteiger charge is 2.15. The molecule has 0 amide bonds. The highest BCUT2D eigenvalue weighted by molar-refractivity contribution is 8.03. The summed E-state index contributed by atoms with van der Waals surface area (Å²) in [6, 6.07) is 20.1. The Bertz CT molecular complexity index is 1280. The summed E-state index contributed by atoms with van der Waals surface area (Å²) >= 11 is 0.969. The second-order valence-electron chi connectivity index (χ2n) is 6.91. The van der Waals surface area contributed by atoms with Gasteiger partial charge in [0, 0.05) is 0 Å². The molecule has 0 bridgehead atoms. The van der Waals surface area contributed by atoms with Gasteiger partial charge in [0.15, 0.2) is 17.1 Å². The maximum atomic E-state index is 11.7. The Morgan fingerprint density at radius 1 is 1.06 bits per heavy atom. The summed E-state index contributed by atoms with van der Waals surface area (Å²) in [6.07, 6.45) is 1.57. The summed E-state index contributed by atoms with van der Waals surface area (Å²) in [6.45, 7) is 0.609. The van der Waals surface area contributed by atoms with E-state index < -0.39 is 5.97 Å². The molecule has 1 aromatic heterocycles. The van der Waals surface area contributed by atoms with Gasteiger partial charge in [-0.2, -0.15) is 0 Å².